The Kier molecular flexibility index (Phi) is 26.3. The van der Waals surface area contributed by atoms with Gasteiger partial charge >= 0.3 is 0 Å². The van der Waals surface area contributed by atoms with Crippen LogP contribution in [0.5, 0.6) is 5.75 Å². The smallest absolute Gasteiger partial charge is 0.152 e. The maximum atomic E-state index is 7.00. The van der Waals surface area contributed by atoms with Crippen molar-refractivity contribution < 1.29 is 8.37 Å². The Morgan fingerprint density at radius 2 is 1.21 bits per heavy atom. The van der Waals surface area contributed by atoms with Crippen LogP contribution in [0, 0.1) is 5.41 Å². The molecular formula is C40H70O2S. The summed E-state index contributed by atoms with van der Waals surface area (Å²) in [6.45, 7) is 32.0. The lowest BCUT2D eigenvalue weighted by Gasteiger charge is -2.55. The second-order valence-electron chi connectivity index (χ2n) is 12.1. The highest BCUT2D eigenvalue weighted by molar-refractivity contribution is 8.27. The van der Waals surface area contributed by atoms with Crippen molar-refractivity contribution in [3.05, 3.63) is 85.7 Å². The molecule has 2 aliphatic rings. The van der Waals surface area contributed by atoms with Crippen molar-refractivity contribution in [1.29, 1.82) is 0 Å². The predicted octanol–water partition coefficient (Wildman–Crippen LogP) is 14.4. The molecule has 3 heteroatoms. The fraction of sp³-hybridized carbons (Fsp3) is 0.600. The molecule has 0 saturated heterocycles. The van der Waals surface area contributed by atoms with E-state index in [1.54, 1.807) is 6.08 Å². The number of rotatable bonds is 10. The monoisotopic (exact) mass is 615 g/mol. The first-order chi connectivity index (χ1) is 20.6. The highest BCUT2D eigenvalue weighted by Gasteiger charge is 2.42. The van der Waals surface area contributed by atoms with E-state index in [-0.39, 0.29) is 0 Å². The van der Waals surface area contributed by atoms with E-state index in [9.17, 15) is 0 Å². The minimum absolute atomic E-state index is 0.500. The van der Waals surface area contributed by atoms with Crippen LogP contribution in [-0.4, -0.2) is 10.5 Å². The van der Waals surface area contributed by atoms with Crippen molar-refractivity contribution in [2.24, 2.45) is 5.41 Å². The van der Waals surface area contributed by atoms with Gasteiger partial charge in [0.05, 0.1) is 10.5 Å². The molecule has 3 rings (SSSR count). The van der Waals surface area contributed by atoms with E-state index in [0.29, 0.717) is 15.9 Å². The Morgan fingerprint density at radius 1 is 0.791 bits per heavy atom. The molecule has 1 aromatic carbocycles. The van der Waals surface area contributed by atoms with Crippen LogP contribution in [0.25, 0.3) is 6.08 Å². The zero-order chi connectivity index (χ0) is 33.2. The fourth-order valence-electron chi connectivity index (χ4n) is 4.66. The average molecular weight is 615 g/mol. The summed E-state index contributed by atoms with van der Waals surface area (Å²) in [4.78, 5) is 0. The highest BCUT2D eigenvalue weighted by Crippen LogP contribution is 2.65. The van der Waals surface area contributed by atoms with Crippen molar-refractivity contribution in [2.75, 3.05) is 0 Å². The topological polar surface area (TPSA) is 18.5 Å². The molecule has 0 amide bonds. The van der Waals surface area contributed by atoms with E-state index in [4.69, 9.17) is 8.37 Å². The van der Waals surface area contributed by atoms with E-state index >= 15 is 0 Å². The van der Waals surface area contributed by atoms with Gasteiger partial charge in [0.15, 0.2) is 5.75 Å². The zero-order valence-electron chi connectivity index (χ0n) is 30.1. The number of hydrogen-bond donors (Lipinski definition) is 0. The fourth-order valence-corrected chi connectivity index (χ4v) is 8.64. The minimum Gasteiger partial charge on any atom is -0.387 e. The van der Waals surface area contributed by atoms with Gasteiger partial charge in [0.2, 0.25) is 0 Å². The van der Waals surface area contributed by atoms with Crippen molar-refractivity contribution in [3.8, 4) is 5.75 Å². The molecule has 0 spiro atoms. The summed E-state index contributed by atoms with van der Waals surface area (Å²) in [6.07, 6.45) is 25.3. The molecule has 0 aliphatic heterocycles. The predicted molar refractivity (Wildman–Crippen MR) is 201 cm³/mol. The quantitative estimate of drug-likeness (QED) is 0.148. The molecule has 2 fully saturated rings. The van der Waals surface area contributed by atoms with Crippen LogP contribution in [0.2, 0.25) is 0 Å². The summed E-state index contributed by atoms with van der Waals surface area (Å²) in [5.41, 5.74) is 1.62. The molecule has 0 unspecified atom stereocenters. The van der Waals surface area contributed by atoms with Gasteiger partial charge in [0, 0.05) is 0 Å². The Morgan fingerprint density at radius 3 is 1.56 bits per heavy atom. The molecule has 43 heavy (non-hydrogen) atoms. The normalized spacial score (nSPS) is 16.3. The zero-order valence-corrected chi connectivity index (χ0v) is 30.9. The second-order valence-corrected chi connectivity index (χ2v) is 15.0. The van der Waals surface area contributed by atoms with Gasteiger partial charge in [-0.1, -0.05) is 157 Å². The van der Waals surface area contributed by atoms with Gasteiger partial charge in [-0.2, -0.15) is 0 Å². The Balaban J connectivity index is 0. The van der Waals surface area contributed by atoms with Crippen LogP contribution in [0.15, 0.2) is 80.1 Å². The molecule has 2 nitrogen and oxygen atoms in total. The molecule has 0 atom stereocenters. The summed E-state index contributed by atoms with van der Waals surface area (Å²) in [7, 11) is -1.76. The first-order valence-electron chi connectivity index (χ1n) is 17.1. The Labute approximate surface area is 271 Å². The first-order valence-corrected chi connectivity index (χ1v) is 18.7. The molecule has 1 aromatic rings. The second kappa shape index (κ2) is 26.3. The standard InChI is InChI=1S/C27H38O2S.C5H12.C4H8.2C2H6/c1-4-6-9-14-23(3)28-30(26-15-10-7-11-16-26,27-17-12-8-13-18-27)29-25-21-19-24(5-2)20-22-25;1-5(2,3)4;1-3-4-2;2*1-2/h4-6,9,14,19-22,26-27H,1-2,7-8,10-13,15-18H2,3H3;1-4H3;3H,1,4H2,2H3;2*1-2H3/b9-6-,23-14+;;;;. The average Bonchev–Trinajstić information content (AvgIpc) is 3.03. The van der Waals surface area contributed by atoms with Crippen molar-refractivity contribution >= 4 is 16.7 Å². The van der Waals surface area contributed by atoms with Crippen molar-refractivity contribution in [1.82, 2.24) is 0 Å². The molecule has 0 N–H and O–H groups in total. The molecular weight excluding hydrogens is 545 g/mol. The summed E-state index contributed by atoms with van der Waals surface area (Å²) in [5, 5.41) is 1.00. The van der Waals surface area contributed by atoms with Gasteiger partial charge in [-0.15, -0.1) is 17.2 Å². The molecule has 0 heterocycles. The van der Waals surface area contributed by atoms with Gasteiger partial charge in [0.25, 0.3) is 0 Å². The van der Waals surface area contributed by atoms with Crippen LogP contribution < -0.4 is 4.18 Å². The molecule has 2 aliphatic carbocycles. The molecule has 248 valence electrons. The summed E-state index contributed by atoms with van der Waals surface area (Å²) < 4.78 is 13.9. The maximum Gasteiger partial charge on any atom is 0.152 e. The van der Waals surface area contributed by atoms with Crippen LogP contribution in [0.4, 0.5) is 0 Å². The van der Waals surface area contributed by atoms with Crippen LogP contribution in [0.1, 0.15) is 145 Å². The van der Waals surface area contributed by atoms with Gasteiger partial charge in [0.1, 0.15) is 5.76 Å². The van der Waals surface area contributed by atoms with E-state index in [0.717, 1.165) is 23.5 Å². The lowest BCUT2D eigenvalue weighted by molar-refractivity contribution is 0.352. The van der Waals surface area contributed by atoms with Crippen LogP contribution in [-0.2, 0) is 4.18 Å². The molecule has 0 aromatic heterocycles. The third-order valence-electron chi connectivity index (χ3n) is 6.50. The SMILES string of the molecule is C=C/C=C\C=C(/C)OS(Oc1ccc(C=C)cc1)(C1CCCCC1)C1CCCCC1.C=CCC.CC.CC.CC(C)(C)C. The van der Waals surface area contributed by atoms with Crippen molar-refractivity contribution in [3.63, 3.8) is 0 Å². The number of benzene rings is 1. The van der Waals surface area contributed by atoms with E-state index in [1.807, 2.05) is 52.0 Å². The van der Waals surface area contributed by atoms with E-state index in [2.05, 4.69) is 91.6 Å². The highest BCUT2D eigenvalue weighted by atomic mass is 32.3. The Hall–Kier alpha value is -2.13. The largest absolute Gasteiger partial charge is 0.387 e. The summed E-state index contributed by atoms with van der Waals surface area (Å²) in [5.74, 6) is 1.88. The Bertz CT molecular complexity index is 852. The van der Waals surface area contributed by atoms with Gasteiger partial charge in [-0.05, 0) is 68.2 Å². The van der Waals surface area contributed by atoms with Crippen LogP contribution in [0.3, 0.4) is 0 Å². The lowest BCUT2D eigenvalue weighted by Crippen LogP contribution is -2.36. The van der Waals surface area contributed by atoms with Crippen LogP contribution >= 0.6 is 10.6 Å². The van der Waals surface area contributed by atoms with Gasteiger partial charge in [-0.3, -0.25) is 0 Å². The maximum absolute atomic E-state index is 7.00. The van der Waals surface area contributed by atoms with E-state index < -0.39 is 10.6 Å². The third kappa shape index (κ3) is 19.7. The minimum atomic E-state index is -1.76. The van der Waals surface area contributed by atoms with Gasteiger partial charge in [-0.25, -0.2) is 0 Å². The molecule has 0 bridgehead atoms. The van der Waals surface area contributed by atoms with E-state index in [1.165, 1.54) is 64.2 Å². The third-order valence-corrected chi connectivity index (χ3v) is 10.3. The first kappa shape index (κ1) is 43.0. The number of hydrogen-bond acceptors (Lipinski definition) is 2. The summed E-state index contributed by atoms with van der Waals surface area (Å²) in [6, 6.07) is 8.35. The summed E-state index contributed by atoms with van der Waals surface area (Å²) >= 11 is 0. The lowest BCUT2D eigenvalue weighted by atomic mass is 10.00. The van der Waals surface area contributed by atoms with Crippen molar-refractivity contribution in [2.45, 2.75) is 150 Å². The number of allylic oxidation sites excluding steroid dienone is 6. The van der Waals surface area contributed by atoms with Gasteiger partial charge < -0.3 is 8.37 Å². The molecule has 0 radical (unpaired) electrons. The molecule has 2 saturated carbocycles.